The summed E-state index contributed by atoms with van der Waals surface area (Å²) >= 11 is 0. The van der Waals surface area contributed by atoms with Gasteiger partial charge in [-0.2, -0.15) is 0 Å². The molecule has 118 valence electrons. The van der Waals surface area contributed by atoms with Crippen LogP contribution in [0.3, 0.4) is 0 Å². The van der Waals surface area contributed by atoms with Gasteiger partial charge in [0.15, 0.2) is 0 Å². The van der Waals surface area contributed by atoms with Crippen LogP contribution in [0.4, 0.5) is 0 Å². The zero-order valence-electron chi connectivity index (χ0n) is 12.8. The number of hydrogen-bond acceptors (Lipinski definition) is 4. The van der Waals surface area contributed by atoms with Gasteiger partial charge >= 0.3 is 5.97 Å². The fourth-order valence-corrected chi connectivity index (χ4v) is 3.98. The average Bonchev–Trinajstić information content (AvgIpc) is 2.25. The highest BCUT2D eigenvalue weighted by atomic mass is 32.2. The zero-order valence-corrected chi connectivity index (χ0v) is 13.6. The molecule has 1 N–H and O–H groups in total. The van der Waals surface area contributed by atoms with Gasteiger partial charge in [-0.05, 0) is 24.7 Å². The van der Waals surface area contributed by atoms with Crippen molar-refractivity contribution in [2.75, 3.05) is 25.1 Å². The van der Waals surface area contributed by atoms with E-state index >= 15 is 0 Å². The summed E-state index contributed by atoms with van der Waals surface area (Å²) < 4.78 is 22.4. The molecule has 1 atom stereocenters. The van der Waals surface area contributed by atoms with E-state index in [4.69, 9.17) is 0 Å². The Morgan fingerprint density at radius 3 is 2.10 bits per heavy atom. The molecule has 0 radical (unpaired) electrons. The fourth-order valence-electron chi connectivity index (χ4n) is 3.33. The smallest absolute Gasteiger partial charge is 0.320 e. The van der Waals surface area contributed by atoms with Gasteiger partial charge in [-0.3, -0.25) is 9.69 Å². The van der Waals surface area contributed by atoms with Crippen LogP contribution in [0.5, 0.6) is 0 Å². The topological polar surface area (TPSA) is 74.7 Å². The highest BCUT2D eigenvalue weighted by molar-refractivity contribution is 7.90. The number of likely N-dealkylation sites (tertiary alicyclic amines) is 1. The second-order valence-corrected chi connectivity index (χ2v) is 8.44. The lowest BCUT2D eigenvalue weighted by molar-refractivity contribution is -0.150. The molecule has 0 aromatic heterocycles. The number of carboxylic acid groups (broad SMARTS) is 1. The van der Waals surface area contributed by atoms with Crippen LogP contribution < -0.4 is 0 Å². The predicted octanol–water partition coefficient (Wildman–Crippen LogP) is 1.78. The molecule has 1 unspecified atom stereocenters. The molecule has 20 heavy (non-hydrogen) atoms. The fraction of sp³-hybridized carbons (Fsp3) is 0.929. The van der Waals surface area contributed by atoms with Gasteiger partial charge in [-0.15, -0.1) is 0 Å². The third-order valence-corrected chi connectivity index (χ3v) is 5.10. The molecule has 0 amide bonds. The first-order chi connectivity index (χ1) is 9.23. The summed E-state index contributed by atoms with van der Waals surface area (Å²) in [5.74, 6) is -0.968. The van der Waals surface area contributed by atoms with Gasteiger partial charge in [-0.1, -0.05) is 26.7 Å². The van der Waals surface area contributed by atoms with Gasteiger partial charge in [0.05, 0.1) is 5.75 Å². The normalized spacial score (nSPS) is 20.4. The Hall–Kier alpha value is -0.620. The molecule has 0 aromatic carbocycles. The molecule has 1 saturated heterocycles. The maximum absolute atomic E-state index is 11.3. The summed E-state index contributed by atoms with van der Waals surface area (Å²) in [5.41, 5.74) is 0.252. The molecule has 5 nitrogen and oxygen atoms in total. The van der Waals surface area contributed by atoms with Crippen LogP contribution in [-0.4, -0.2) is 55.5 Å². The molecule has 6 heteroatoms. The molecule has 0 aliphatic carbocycles. The van der Waals surface area contributed by atoms with Crippen molar-refractivity contribution in [1.82, 2.24) is 4.90 Å². The van der Waals surface area contributed by atoms with Crippen molar-refractivity contribution in [2.45, 2.75) is 52.0 Å². The Labute approximate surface area is 122 Å². The maximum Gasteiger partial charge on any atom is 0.320 e. The van der Waals surface area contributed by atoms with E-state index in [1.165, 1.54) is 0 Å². The third kappa shape index (κ3) is 4.74. The van der Waals surface area contributed by atoms with Gasteiger partial charge in [0, 0.05) is 19.3 Å². The van der Waals surface area contributed by atoms with Crippen molar-refractivity contribution < 1.29 is 18.3 Å². The van der Waals surface area contributed by atoms with E-state index in [9.17, 15) is 18.3 Å². The van der Waals surface area contributed by atoms with Crippen LogP contribution in [0.15, 0.2) is 0 Å². The standard InChI is InChI=1S/C14H27NO4S/c1-4-7-14(8-5-2)10-15(11-14)12(13(16)17)6-9-20(3,18)19/h12H,4-11H2,1-3H3,(H,16,17). The van der Waals surface area contributed by atoms with Crippen molar-refractivity contribution in [1.29, 1.82) is 0 Å². The van der Waals surface area contributed by atoms with Crippen LogP contribution >= 0.6 is 0 Å². The number of nitrogens with zero attached hydrogens (tertiary/aromatic N) is 1. The lowest BCUT2D eigenvalue weighted by atomic mass is 9.72. The Kier molecular flexibility index (Phi) is 6.01. The number of rotatable bonds is 9. The van der Waals surface area contributed by atoms with E-state index in [-0.39, 0.29) is 17.6 Å². The molecule has 1 rings (SSSR count). The summed E-state index contributed by atoms with van der Waals surface area (Å²) in [7, 11) is -3.11. The van der Waals surface area contributed by atoms with Crippen molar-refractivity contribution >= 4 is 15.8 Å². The van der Waals surface area contributed by atoms with E-state index in [0.29, 0.717) is 0 Å². The SMILES string of the molecule is CCCC1(CCC)CN(C(CCS(C)(=O)=O)C(=O)O)C1. The Morgan fingerprint density at radius 1 is 1.25 bits per heavy atom. The number of sulfone groups is 1. The maximum atomic E-state index is 11.3. The predicted molar refractivity (Wildman–Crippen MR) is 79.6 cm³/mol. The van der Waals surface area contributed by atoms with Crippen LogP contribution in [0, 0.1) is 5.41 Å². The quantitative estimate of drug-likeness (QED) is 0.703. The molecule has 0 saturated carbocycles. The lowest BCUT2D eigenvalue weighted by Crippen LogP contribution is -2.61. The van der Waals surface area contributed by atoms with E-state index in [2.05, 4.69) is 13.8 Å². The number of carbonyl (C=O) groups is 1. The first-order valence-corrected chi connectivity index (χ1v) is 9.43. The summed E-state index contributed by atoms with van der Waals surface area (Å²) in [4.78, 5) is 13.3. The first-order valence-electron chi connectivity index (χ1n) is 7.37. The molecule has 1 aliphatic heterocycles. The van der Waals surface area contributed by atoms with Crippen molar-refractivity contribution in [3.8, 4) is 0 Å². The lowest BCUT2D eigenvalue weighted by Gasteiger charge is -2.53. The summed E-state index contributed by atoms with van der Waals surface area (Å²) in [6, 6.07) is -0.661. The molecule has 1 aliphatic rings. The van der Waals surface area contributed by atoms with E-state index < -0.39 is 21.8 Å². The molecule has 0 aromatic rings. The van der Waals surface area contributed by atoms with E-state index in [1.807, 2.05) is 4.90 Å². The Bertz CT molecular complexity index is 418. The van der Waals surface area contributed by atoms with Gasteiger partial charge in [0.25, 0.3) is 0 Å². The summed E-state index contributed by atoms with van der Waals surface area (Å²) in [6.07, 6.45) is 5.79. The van der Waals surface area contributed by atoms with Gasteiger partial charge in [0.2, 0.25) is 0 Å². The minimum absolute atomic E-state index is 0.0605. The minimum Gasteiger partial charge on any atom is -0.480 e. The Balaban J connectivity index is 2.61. The largest absolute Gasteiger partial charge is 0.480 e. The van der Waals surface area contributed by atoms with E-state index in [0.717, 1.165) is 45.0 Å². The van der Waals surface area contributed by atoms with Crippen LogP contribution in [0.1, 0.15) is 46.0 Å². The van der Waals surface area contributed by atoms with Gasteiger partial charge in [0.1, 0.15) is 15.9 Å². The summed E-state index contributed by atoms with van der Waals surface area (Å²) in [5, 5.41) is 9.30. The Morgan fingerprint density at radius 2 is 1.75 bits per heavy atom. The van der Waals surface area contributed by atoms with Gasteiger partial charge in [-0.25, -0.2) is 8.42 Å². The minimum atomic E-state index is -3.11. The molecule has 1 heterocycles. The van der Waals surface area contributed by atoms with Crippen LogP contribution in [0.2, 0.25) is 0 Å². The zero-order chi connectivity index (χ0) is 15.4. The highest BCUT2D eigenvalue weighted by Crippen LogP contribution is 2.41. The van der Waals surface area contributed by atoms with E-state index in [1.54, 1.807) is 0 Å². The molecule has 0 bridgehead atoms. The number of aliphatic carboxylic acids is 1. The molecule has 0 spiro atoms. The van der Waals surface area contributed by atoms with Crippen LogP contribution in [-0.2, 0) is 14.6 Å². The monoisotopic (exact) mass is 305 g/mol. The second kappa shape index (κ2) is 6.89. The highest BCUT2D eigenvalue weighted by Gasteiger charge is 2.45. The second-order valence-electron chi connectivity index (χ2n) is 6.18. The number of carboxylic acids is 1. The van der Waals surface area contributed by atoms with Crippen molar-refractivity contribution in [3.63, 3.8) is 0 Å². The molecular formula is C14H27NO4S. The van der Waals surface area contributed by atoms with Crippen molar-refractivity contribution in [3.05, 3.63) is 0 Å². The van der Waals surface area contributed by atoms with Crippen molar-refractivity contribution in [2.24, 2.45) is 5.41 Å². The molecular weight excluding hydrogens is 278 g/mol. The average molecular weight is 305 g/mol. The van der Waals surface area contributed by atoms with Gasteiger partial charge < -0.3 is 5.11 Å². The summed E-state index contributed by atoms with van der Waals surface area (Å²) in [6.45, 7) is 5.88. The molecule has 1 fully saturated rings. The van der Waals surface area contributed by atoms with Crippen LogP contribution in [0.25, 0.3) is 0 Å². The number of hydrogen-bond donors (Lipinski definition) is 1. The first kappa shape index (κ1) is 17.4. The third-order valence-electron chi connectivity index (χ3n) is 4.13.